The van der Waals surface area contributed by atoms with Crippen LogP contribution in [0.5, 0.6) is 11.5 Å². The first-order chi connectivity index (χ1) is 10.6. The zero-order chi connectivity index (χ0) is 15.5. The third-order valence-electron chi connectivity index (χ3n) is 2.94. The molecule has 9 heteroatoms. The van der Waals surface area contributed by atoms with E-state index in [-0.39, 0.29) is 17.3 Å². The first-order valence-electron chi connectivity index (χ1n) is 6.40. The van der Waals surface area contributed by atoms with Crippen LogP contribution in [0.15, 0.2) is 24.4 Å². The normalized spacial score (nSPS) is 12.7. The molecule has 1 aliphatic heterocycles. The number of ketones is 1. The Morgan fingerprint density at radius 3 is 2.86 bits per heavy atom. The molecule has 1 N–H and O–H groups in total. The highest BCUT2D eigenvalue weighted by atomic mass is 32.1. The van der Waals surface area contributed by atoms with Crippen LogP contribution in [0.1, 0.15) is 10.4 Å². The largest absolute Gasteiger partial charge is 0.486 e. The summed E-state index contributed by atoms with van der Waals surface area (Å²) in [6.07, 6.45) is 1.15. The Kier molecular flexibility index (Phi) is 3.88. The molecule has 1 aromatic carbocycles. The number of fused-ring (bicyclic) bond motifs is 1. The zero-order valence-electron chi connectivity index (χ0n) is 11.3. The maximum Gasteiger partial charge on any atom is 0.345 e. The van der Waals surface area contributed by atoms with Gasteiger partial charge in [-0.05, 0) is 29.5 Å². The maximum absolute atomic E-state index is 12.1. The van der Waals surface area contributed by atoms with Crippen molar-refractivity contribution in [2.45, 2.75) is 0 Å². The van der Waals surface area contributed by atoms with Crippen LogP contribution in [0.2, 0.25) is 0 Å². The van der Waals surface area contributed by atoms with Crippen LogP contribution in [0.25, 0.3) is 0 Å². The van der Waals surface area contributed by atoms with Crippen LogP contribution in [-0.2, 0) is 0 Å². The van der Waals surface area contributed by atoms with Crippen molar-refractivity contribution >= 4 is 27.3 Å². The predicted molar refractivity (Wildman–Crippen MR) is 79.0 cm³/mol. The molecule has 8 nitrogen and oxygen atoms in total. The van der Waals surface area contributed by atoms with Gasteiger partial charge in [0.2, 0.25) is 0 Å². The summed E-state index contributed by atoms with van der Waals surface area (Å²) in [6.45, 7) is 0.931. The van der Waals surface area contributed by atoms with E-state index in [0.717, 1.165) is 17.5 Å². The lowest BCUT2D eigenvalue weighted by atomic mass is 10.1. The Morgan fingerprint density at radius 1 is 1.36 bits per heavy atom. The number of nitro groups is 1. The van der Waals surface area contributed by atoms with Gasteiger partial charge in [0, 0.05) is 5.56 Å². The minimum atomic E-state index is -0.522. The summed E-state index contributed by atoms with van der Waals surface area (Å²) in [7, 11) is 0. The third kappa shape index (κ3) is 2.98. The number of rotatable bonds is 5. The van der Waals surface area contributed by atoms with Gasteiger partial charge in [0.25, 0.3) is 0 Å². The Labute approximate surface area is 128 Å². The van der Waals surface area contributed by atoms with Crippen LogP contribution >= 0.6 is 11.3 Å². The van der Waals surface area contributed by atoms with E-state index in [4.69, 9.17) is 9.47 Å². The highest BCUT2D eigenvalue weighted by molar-refractivity contribution is 7.18. The molecule has 2 aromatic rings. The third-order valence-corrected chi connectivity index (χ3v) is 3.84. The van der Waals surface area contributed by atoms with E-state index in [1.165, 1.54) is 0 Å². The number of thiazole rings is 1. The first kappa shape index (κ1) is 14.3. The SMILES string of the molecule is O=C(CNc1ncc([N+](=O)[O-])s1)c1ccc2c(c1)OCCO2. The molecular weight excluding hydrogens is 310 g/mol. The van der Waals surface area contributed by atoms with Crippen molar-refractivity contribution in [3.8, 4) is 11.5 Å². The quantitative estimate of drug-likeness (QED) is 0.511. The molecule has 0 fully saturated rings. The van der Waals surface area contributed by atoms with Crippen LogP contribution in [0.4, 0.5) is 10.1 Å². The summed E-state index contributed by atoms with van der Waals surface area (Å²) < 4.78 is 10.8. The van der Waals surface area contributed by atoms with Gasteiger partial charge in [-0.15, -0.1) is 0 Å². The molecule has 22 heavy (non-hydrogen) atoms. The summed E-state index contributed by atoms with van der Waals surface area (Å²) in [5.74, 6) is 0.989. The van der Waals surface area contributed by atoms with Crippen LogP contribution in [-0.4, -0.2) is 35.4 Å². The molecule has 0 spiro atoms. The van der Waals surface area contributed by atoms with E-state index in [1.54, 1.807) is 18.2 Å². The predicted octanol–water partition coefficient (Wildman–Crippen LogP) is 2.12. The summed E-state index contributed by atoms with van der Waals surface area (Å²) in [6, 6.07) is 4.97. The molecule has 1 aliphatic rings. The van der Waals surface area contributed by atoms with Crippen molar-refractivity contribution in [3.05, 3.63) is 40.1 Å². The summed E-state index contributed by atoms with van der Waals surface area (Å²) in [5.41, 5.74) is 0.475. The van der Waals surface area contributed by atoms with Gasteiger partial charge in [0.1, 0.15) is 19.4 Å². The number of hydrogen-bond acceptors (Lipinski definition) is 8. The van der Waals surface area contributed by atoms with Crippen LogP contribution in [0, 0.1) is 10.1 Å². The second kappa shape index (κ2) is 5.98. The van der Waals surface area contributed by atoms with E-state index in [2.05, 4.69) is 10.3 Å². The zero-order valence-corrected chi connectivity index (χ0v) is 12.1. The van der Waals surface area contributed by atoms with E-state index >= 15 is 0 Å². The highest BCUT2D eigenvalue weighted by Crippen LogP contribution is 2.31. The Balaban J connectivity index is 1.65. The lowest BCUT2D eigenvalue weighted by Crippen LogP contribution is -2.17. The molecule has 1 aromatic heterocycles. The van der Waals surface area contributed by atoms with Gasteiger partial charge < -0.3 is 14.8 Å². The van der Waals surface area contributed by atoms with Crippen molar-refractivity contribution in [1.82, 2.24) is 4.98 Å². The second-order valence-corrected chi connectivity index (χ2v) is 5.41. The topological polar surface area (TPSA) is 104 Å². The molecule has 0 saturated heterocycles. The molecule has 0 unspecified atom stereocenters. The number of Topliss-reactive ketones (excluding diaryl/α,β-unsaturated/α-hetero) is 1. The smallest absolute Gasteiger partial charge is 0.345 e. The van der Waals surface area contributed by atoms with Gasteiger partial charge in [0.05, 0.1) is 11.5 Å². The van der Waals surface area contributed by atoms with Crippen LogP contribution < -0.4 is 14.8 Å². The minimum Gasteiger partial charge on any atom is -0.486 e. The fourth-order valence-corrected chi connectivity index (χ4v) is 2.53. The number of nitrogens with zero attached hydrogens (tertiary/aromatic N) is 2. The number of nitrogens with one attached hydrogen (secondary N) is 1. The summed E-state index contributed by atoms with van der Waals surface area (Å²) in [4.78, 5) is 26.0. The van der Waals surface area contributed by atoms with Crippen LogP contribution in [0.3, 0.4) is 0 Å². The van der Waals surface area contributed by atoms with Crippen molar-refractivity contribution in [1.29, 1.82) is 0 Å². The molecule has 0 atom stereocenters. The molecule has 0 aliphatic carbocycles. The van der Waals surface area contributed by atoms with Crippen molar-refractivity contribution < 1.29 is 19.2 Å². The number of anilines is 1. The number of benzene rings is 1. The molecule has 0 saturated carbocycles. The number of carbonyl (C=O) groups excluding carboxylic acids is 1. The molecule has 0 radical (unpaired) electrons. The first-order valence-corrected chi connectivity index (χ1v) is 7.22. The summed E-state index contributed by atoms with van der Waals surface area (Å²) >= 11 is 0.883. The molecule has 2 heterocycles. The number of hydrogen-bond donors (Lipinski definition) is 1. The average molecular weight is 321 g/mol. The summed E-state index contributed by atoms with van der Waals surface area (Å²) in [5, 5.41) is 13.6. The molecule has 0 amide bonds. The Morgan fingerprint density at radius 2 is 2.14 bits per heavy atom. The maximum atomic E-state index is 12.1. The Hall–Kier alpha value is -2.68. The van der Waals surface area contributed by atoms with Crippen molar-refractivity contribution in [2.24, 2.45) is 0 Å². The van der Waals surface area contributed by atoms with E-state index < -0.39 is 4.92 Å². The molecule has 114 valence electrons. The van der Waals surface area contributed by atoms with Gasteiger partial charge in [-0.25, -0.2) is 4.98 Å². The molecular formula is C13H11N3O5S. The van der Waals surface area contributed by atoms with Gasteiger partial charge in [-0.2, -0.15) is 0 Å². The number of aromatic nitrogens is 1. The lowest BCUT2D eigenvalue weighted by Gasteiger charge is -2.18. The lowest BCUT2D eigenvalue weighted by molar-refractivity contribution is -0.380. The number of carbonyl (C=O) groups is 1. The van der Waals surface area contributed by atoms with Gasteiger partial charge in [-0.3, -0.25) is 14.9 Å². The minimum absolute atomic E-state index is 0.00961. The number of ether oxygens (including phenoxy) is 2. The van der Waals surface area contributed by atoms with Gasteiger partial charge >= 0.3 is 5.00 Å². The fourth-order valence-electron chi connectivity index (χ4n) is 1.91. The second-order valence-electron chi connectivity index (χ2n) is 4.40. The average Bonchev–Trinajstić information content (AvgIpc) is 3.01. The van der Waals surface area contributed by atoms with Crippen molar-refractivity contribution in [2.75, 3.05) is 25.1 Å². The monoisotopic (exact) mass is 321 g/mol. The van der Waals surface area contributed by atoms with Crippen molar-refractivity contribution in [3.63, 3.8) is 0 Å². The van der Waals surface area contributed by atoms with Gasteiger partial charge in [-0.1, -0.05) is 0 Å². The van der Waals surface area contributed by atoms with E-state index in [9.17, 15) is 14.9 Å². The molecule has 3 rings (SSSR count). The standard InChI is InChI=1S/C13H11N3O5S/c17-9(6-14-13-15-7-12(22-13)16(18)19)8-1-2-10-11(5-8)21-4-3-20-10/h1-2,5,7H,3-4,6H2,(H,14,15). The fraction of sp³-hybridized carbons (Fsp3) is 0.231. The highest BCUT2D eigenvalue weighted by Gasteiger charge is 2.16. The Bertz CT molecular complexity index is 730. The van der Waals surface area contributed by atoms with E-state index in [1.807, 2.05) is 0 Å². The molecule has 0 bridgehead atoms. The van der Waals surface area contributed by atoms with E-state index in [0.29, 0.717) is 35.4 Å². The van der Waals surface area contributed by atoms with Gasteiger partial charge in [0.15, 0.2) is 22.4 Å².